The van der Waals surface area contributed by atoms with Crippen LogP contribution in [0.1, 0.15) is 13.8 Å². The lowest BCUT2D eigenvalue weighted by Crippen LogP contribution is -2.55. The van der Waals surface area contributed by atoms with Crippen molar-refractivity contribution in [3.8, 4) is 0 Å². The maximum atomic E-state index is 11.0. The number of carboxylic acids is 1. The van der Waals surface area contributed by atoms with Gasteiger partial charge in [0.1, 0.15) is 6.04 Å². The molecule has 2 N–H and O–H groups in total. The van der Waals surface area contributed by atoms with Crippen molar-refractivity contribution in [1.82, 2.24) is 15.1 Å². The van der Waals surface area contributed by atoms with Gasteiger partial charge in [-0.25, -0.2) is 4.79 Å². The van der Waals surface area contributed by atoms with Gasteiger partial charge >= 0.3 is 5.97 Å². The summed E-state index contributed by atoms with van der Waals surface area (Å²) in [6, 6.07) is -0.404. The lowest BCUT2D eigenvalue weighted by atomic mass is 10.1. The van der Waals surface area contributed by atoms with Crippen molar-refractivity contribution >= 4 is 11.9 Å². The second-order valence-corrected chi connectivity index (χ2v) is 4.68. The minimum absolute atomic E-state index is 0.306. The molecule has 0 aromatic rings. The molecule has 0 aliphatic carbocycles. The van der Waals surface area contributed by atoms with E-state index in [0.29, 0.717) is 12.6 Å². The molecule has 1 saturated heterocycles. The van der Waals surface area contributed by atoms with Crippen LogP contribution in [0.5, 0.6) is 0 Å². The topological polar surface area (TPSA) is 72.9 Å². The number of nitrogens with zero attached hydrogens (tertiary/aromatic N) is 2. The van der Waals surface area contributed by atoms with Gasteiger partial charge in [-0.2, -0.15) is 0 Å². The van der Waals surface area contributed by atoms with Gasteiger partial charge in [-0.05, 0) is 14.0 Å². The van der Waals surface area contributed by atoms with E-state index in [1.165, 1.54) is 6.92 Å². The molecule has 0 spiro atoms. The van der Waals surface area contributed by atoms with E-state index < -0.39 is 12.0 Å². The van der Waals surface area contributed by atoms with Crippen LogP contribution >= 0.6 is 0 Å². The van der Waals surface area contributed by atoms with Crippen LogP contribution in [0.3, 0.4) is 0 Å². The van der Waals surface area contributed by atoms with E-state index in [-0.39, 0.29) is 5.91 Å². The molecular weight excluding hydrogens is 222 g/mol. The molecule has 2 atom stereocenters. The zero-order valence-corrected chi connectivity index (χ0v) is 10.6. The molecule has 0 aromatic carbocycles. The third-order valence-corrected chi connectivity index (χ3v) is 3.16. The van der Waals surface area contributed by atoms with Crippen LogP contribution in [0.2, 0.25) is 0 Å². The van der Waals surface area contributed by atoms with Crippen molar-refractivity contribution in [2.24, 2.45) is 0 Å². The fourth-order valence-corrected chi connectivity index (χ4v) is 1.98. The van der Waals surface area contributed by atoms with Gasteiger partial charge in [0.25, 0.3) is 0 Å². The molecule has 1 rings (SSSR count). The Kier molecular flexibility index (Phi) is 4.89. The van der Waals surface area contributed by atoms with Crippen LogP contribution in [0.25, 0.3) is 0 Å². The van der Waals surface area contributed by atoms with Gasteiger partial charge in [-0.3, -0.25) is 9.69 Å². The monoisotopic (exact) mass is 243 g/mol. The highest BCUT2D eigenvalue weighted by atomic mass is 16.4. The third-order valence-electron chi connectivity index (χ3n) is 3.16. The Morgan fingerprint density at radius 1 is 1.47 bits per heavy atom. The summed E-state index contributed by atoms with van der Waals surface area (Å²) in [6.45, 7) is 6.41. The van der Waals surface area contributed by atoms with E-state index in [9.17, 15) is 9.59 Å². The van der Waals surface area contributed by atoms with Crippen molar-refractivity contribution in [3.63, 3.8) is 0 Å². The number of amides is 1. The first-order valence-electron chi connectivity index (χ1n) is 5.82. The maximum Gasteiger partial charge on any atom is 0.327 e. The van der Waals surface area contributed by atoms with Crippen molar-refractivity contribution in [2.75, 3.05) is 33.2 Å². The van der Waals surface area contributed by atoms with Gasteiger partial charge in [-0.15, -0.1) is 0 Å². The van der Waals surface area contributed by atoms with E-state index in [4.69, 9.17) is 5.11 Å². The molecule has 6 heteroatoms. The Hall–Kier alpha value is -1.14. The van der Waals surface area contributed by atoms with Crippen LogP contribution < -0.4 is 5.32 Å². The minimum Gasteiger partial charge on any atom is -0.480 e. The summed E-state index contributed by atoms with van der Waals surface area (Å²) in [5.41, 5.74) is 0. The summed E-state index contributed by atoms with van der Waals surface area (Å²) < 4.78 is 0. The van der Waals surface area contributed by atoms with Crippen LogP contribution in [0.15, 0.2) is 0 Å². The average Bonchev–Trinajstić information content (AvgIpc) is 2.21. The highest BCUT2D eigenvalue weighted by Crippen LogP contribution is 2.07. The molecular formula is C11H21N3O3. The van der Waals surface area contributed by atoms with Crippen LogP contribution in [0.4, 0.5) is 0 Å². The van der Waals surface area contributed by atoms with Crippen molar-refractivity contribution < 1.29 is 14.7 Å². The van der Waals surface area contributed by atoms with E-state index in [2.05, 4.69) is 29.1 Å². The number of carbonyl (C=O) groups excluding carboxylic acids is 1. The zero-order chi connectivity index (χ0) is 13.0. The molecule has 0 radical (unpaired) electrons. The number of rotatable bonds is 4. The van der Waals surface area contributed by atoms with Gasteiger partial charge in [0, 0.05) is 39.1 Å². The van der Waals surface area contributed by atoms with Gasteiger partial charge in [0.2, 0.25) is 5.91 Å². The first-order valence-corrected chi connectivity index (χ1v) is 5.82. The summed E-state index contributed by atoms with van der Waals surface area (Å²) >= 11 is 0. The van der Waals surface area contributed by atoms with E-state index in [0.717, 1.165) is 19.6 Å². The molecule has 6 nitrogen and oxygen atoms in total. The van der Waals surface area contributed by atoms with Crippen LogP contribution in [-0.2, 0) is 9.59 Å². The highest BCUT2D eigenvalue weighted by molar-refractivity contribution is 5.82. The highest BCUT2D eigenvalue weighted by Gasteiger charge is 2.26. The summed E-state index contributed by atoms with van der Waals surface area (Å²) in [4.78, 5) is 26.2. The molecule has 0 aromatic heterocycles. The first kappa shape index (κ1) is 13.9. The second-order valence-electron chi connectivity index (χ2n) is 4.68. The minimum atomic E-state index is -0.980. The molecule has 17 heavy (non-hydrogen) atoms. The fourth-order valence-electron chi connectivity index (χ4n) is 1.98. The number of hydrogen-bond donors (Lipinski definition) is 2. The van der Waals surface area contributed by atoms with E-state index in [1.807, 2.05) is 0 Å². The normalized spacial score (nSPS) is 24.3. The van der Waals surface area contributed by atoms with Crippen molar-refractivity contribution in [1.29, 1.82) is 0 Å². The number of hydrogen-bond acceptors (Lipinski definition) is 4. The SMILES string of the molecule is CC(=O)NC(CN1CCN(C)C(C)C1)C(=O)O. The molecule has 1 amide bonds. The quantitative estimate of drug-likeness (QED) is 0.677. The third kappa shape index (κ3) is 4.32. The maximum absolute atomic E-state index is 11.0. The van der Waals surface area contributed by atoms with E-state index >= 15 is 0 Å². The second kappa shape index (κ2) is 5.97. The largest absolute Gasteiger partial charge is 0.480 e. The Balaban J connectivity index is 2.50. The lowest BCUT2D eigenvalue weighted by molar-refractivity contribution is -0.142. The molecule has 1 fully saturated rings. The summed E-state index contributed by atoms with van der Waals surface area (Å²) in [6.07, 6.45) is 0. The Bertz CT molecular complexity index is 296. The predicted octanol–water partition coefficient (Wildman–Crippen LogP) is -0.788. The number of piperazine rings is 1. The lowest BCUT2D eigenvalue weighted by Gasteiger charge is -2.38. The fraction of sp³-hybridized carbons (Fsp3) is 0.818. The van der Waals surface area contributed by atoms with Gasteiger partial charge in [0.05, 0.1) is 0 Å². The zero-order valence-electron chi connectivity index (χ0n) is 10.6. The summed E-state index contributed by atoms with van der Waals surface area (Å²) in [5, 5.41) is 11.5. The molecule has 0 bridgehead atoms. The van der Waals surface area contributed by atoms with Crippen molar-refractivity contribution in [2.45, 2.75) is 25.9 Å². The average molecular weight is 243 g/mol. The first-order chi connectivity index (χ1) is 7.90. The molecule has 1 aliphatic heterocycles. The van der Waals surface area contributed by atoms with Crippen LogP contribution in [-0.4, -0.2) is 72.1 Å². The number of aliphatic carboxylic acids is 1. The Labute approximate surface area is 102 Å². The molecule has 1 aliphatic rings. The number of nitrogens with one attached hydrogen (secondary N) is 1. The predicted molar refractivity (Wildman–Crippen MR) is 63.8 cm³/mol. The standard InChI is InChI=1S/C11H21N3O3/c1-8-6-14(5-4-13(8)3)7-10(11(16)17)12-9(2)15/h8,10H,4-7H2,1-3H3,(H,12,15)(H,16,17). The van der Waals surface area contributed by atoms with E-state index in [1.54, 1.807) is 0 Å². The number of likely N-dealkylation sites (N-methyl/N-ethyl adjacent to an activating group) is 1. The number of carboxylic acid groups (broad SMARTS) is 1. The van der Waals surface area contributed by atoms with Crippen LogP contribution in [0, 0.1) is 0 Å². The van der Waals surface area contributed by atoms with Gasteiger partial charge in [0.15, 0.2) is 0 Å². The molecule has 98 valence electrons. The molecule has 1 heterocycles. The van der Waals surface area contributed by atoms with Crippen molar-refractivity contribution in [3.05, 3.63) is 0 Å². The Morgan fingerprint density at radius 2 is 2.12 bits per heavy atom. The van der Waals surface area contributed by atoms with Gasteiger partial charge < -0.3 is 15.3 Å². The smallest absolute Gasteiger partial charge is 0.327 e. The molecule has 2 unspecified atom stereocenters. The number of carbonyl (C=O) groups is 2. The Morgan fingerprint density at radius 3 is 2.59 bits per heavy atom. The summed E-state index contributed by atoms with van der Waals surface area (Å²) in [5.74, 6) is -1.29. The summed E-state index contributed by atoms with van der Waals surface area (Å²) in [7, 11) is 2.06. The molecule has 0 saturated carbocycles. The van der Waals surface area contributed by atoms with Gasteiger partial charge in [-0.1, -0.05) is 0 Å².